The molecule has 2 fully saturated rings. The van der Waals surface area contributed by atoms with Crippen molar-refractivity contribution in [1.29, 1.82) is 0 Å². The Bertz CT molecular complexity index is 174. The lowest BCUT2D eigenvalue weighted by molar-refractivity contribution is -0.143. The molecule has 1 heterocycles. The highest BCUT2D eigenvalue weighted by atomic mass is 16.5. The predicted molar refractivity (Wildman–Crippen MR) is 38.2 cm³/mol. The summed E-state index contributed by atoms with van der Waals surface area (Å²) in [7, 11) is 0. The van der Waals surface area contributed by atoms with Gasteiger partial charge in [-0.2, -0.15) is 0 Å². The second-order valence-corrected chi connectivity index (χ2v) is 3.41. The van der Waals surface area contributed by atoms with Gasteiger partial charge in [-0.3, -0.25) is 4.79 Å². The number of carbonyl (C=O) groups is 1. The molecule has 0 aromatic carbocycles. The van der Waals surface area contributed by atoms with Crippen LogP contribution in [0.4, 0.5) is 0 Å². The van der Waals surface area contributed by atoms with Crippen molar-refractivity contribution >= 4 is 5.97 Å². The Labute approximate surface area is 65.4 Å². The topological polar surface area (TPSA) is 46.5 Å². The molecule has 0 radical (unpaired) electrons. The van der Waals surface area contributed by atoms with E-state index in [1.54, 1.807) is 0 Å². The first-order chi connectivity index (χ1) is 5.29. The zero-order chi connectivity index (χ0) is 7.84. The fourth-order valence-electron chi connectivity index (χ4n) is 1.76. The molecule has 0 aromatic rings. The van der Waals surface area contributed by atoms with Crippen molar-refractivity contribution in [2.75, 3.05) is 6.61 Å². The van der Waals surface area contributed by atoms with Gasteiger partial charge in [-0.1, -0.05) is 0 Å². The van der Waals surface area contributed by atoms with E-state index in [1.165, 1.54) is 0 Å². The summed E-state index contributed by atoms with van der Waals surface area (Å²) in [6.07, 6.45) is 3.06. The van der Waals surface area contributed by atoms with Crippen molar-refractivity contribution in [1.82, 2.24) is 0 Å². The highest BCUT2D eigenvalue weighted by Crippen LogP contribution is 2.41. The standard InChI is InChI=1S/C8H12O3/c9-8(10)6-3-4-11-7(6)5-1-2-5/h5-7H,1-4H2,(H,9,10)/t6-,7+/m0/s1. The summed E-state index contributed by atoms with van der Waals surface area (Å²) >= 11 is 0. The van der Waals surface area contributed by atoms with E-state index in [1.807, 2.05) is 0 Å². The van der Waals surface area contributed by atoms with Crippen molar-refractivity contribution < 1.29 is 14.6 Å². The molecule has 2 rings (SSSR count). The fraction of sp³-hybridized carbons (Fsp3) is 0.875. The molecule has 11 heavy (non-hydrogen) atoms. The van der Waals surface area contributed by atoms with Gasteiger partial charge in [-0.25, -0.2) is 0 Å². The van der Waals surface area contributed by atoms with Crippen molar-refractivity contribution in [3.63, 3.8) is 0 Å². The minimum Gasteiger partial charge on any atom is -0.481 e. The SMILES string of the molecule is O=C(O)[C@H]1CCO[C@@H]1C1CC1. The second-order valence-electron chi connectivity index (χ2n) is 3.41. The van der Waals surface area contributed by atoms with Gasteiger partial charge in [-0.15, -0.1) is 0 Å². The van der Waals surface area contributed by atoms with Gasteiger partial charge in [0.1, 0.15) is 0 Å². The molecule has 2 aliphatic rings. The second kappa shape index (κ2) is 2.48. The zero-order valence-corrected chi connectivity index (χ0v) is 6.32. The summed E-state index contributed by atoms with van der Waals surface area (Å²) in [6, 6.07) is 0. The van der Waals surface area contributed by atoms with Gasteiger partial charge in [0.2, 0.25) is 0 Å². The van der Waals surface area contributed by atoms with Crippen LogP contribution < -0.4 is 0 Å². The molecule has 1 saturated heterocycles. The summed E-state index contributed by atoms with van der Waals surface area (Å²) in [5.41, 5.74) is 0. The third-order valence-electron chi connectivity index (χ3n) is 2.54. The van der Waals surface area contributed by atoms with Crippen LogP contribution in [0.3, 0.4) is 0 Å². The van der Waals surface area contributed by atoms with Gasteiger partial charge in [0.15, 0.2) is 0 Å². The molecule has 0 bridgehead atoms. The zero-order valence-electron chi connectivity index (χ0n) is 6.32. The Kier molecular flexibility index (Phi) is 1.60. The number of hydrogen-bond donors (Lipinski definition) is 1. The van der Waals surface area contributed by atoms with E-state index in [0.29, 0.717) is 18.9 Å². The van der Waals surface area contributed by atoms with E-state index >= 15 is 0 Å². The number of aliphatic carboxylic acids is 1. The largest absolute Gasteiger partial charge is 0.481 e. The molecule has 1 aliphatic carbocycles. The van der Waals surface area contributed by atoms with Crippen LogP contribution in [0.5, 0.6) is 0 Å². The van der Waals surface area contributed by atoms with Crippen molar-refractivity contribution in [3.05, 3.63) is 0 Å². The lowest BCUT2D eigenvalue weighted by Gasteiger charge is -2.12. The predicted octanol–water partition coefficient (Wildman–Crippen LogP) is 0.886. The van der Waals surface area contributed by atoms with Crippen LogP contribution in [0.25, 0.3) is 0 Å². The molecular weight excluding hydrogens is 144 g/mol. The first kappa shape index (κ1) is 7.10. The van der Waals surface area contributed by atoms with E-state index < -0.39 is 5.97 Å². The van der Waals surface area contributed by atoms with Crippen LogP contribution in [-0.2, 0) is 9.53 Å². The average Bonchev–Trinajstić information content (AvgIpc) is 2.68. The van der Waals surface area contributed by atoms with Gasteiger partial charge in [-0.05, 0) is 25.2 Å². The maximum absolute atomic E-state index is 10.7. The number of ether oxygens (including phenoxy) is 1. The molecule has 0 unspecified atom stereocenters. The Hall–Kier alpha value is -0.570. The monoisotopic (exact) mass is 156 g/mol. The van der Waals surface area contributed by atoms with Crippen LogP contribution in [0, 0.1) is 11.8 Å². The Morgan fingerprint density at radius 3 is 2.64 bits per heavy atom. The van der Waals surface area contributed by atoms with E-state index in [0.717, 1.165) is 12.8 Å². The van der Waals surface area contributed by atoms with Gasteiger partial charge in [0, 0.05) is 6.61 Å². The van der Waals surface area contributed by atoms with Gasteiger partial charge >= 0.3 is 5.97 Å². The number of carboxylic acid groups (broad SMARTS) is 1. The van der Waals surface area contributed by atoms with Crippen LogP contribution in [0.2, 0.25) is 0 Å². The highest BCUT2D eigenvalue weighted by Gasteiger charge is 2.43. The highest BCUT2D eigenvalue weighted by molar-refractivity contribution is 5.71. The van der Waals surface area contributed by atoms with Crippen LogP contribution >= 0.6 is 0 Å². The van der Waals surface area contributed by atoms with E-state index in [2.05, 4.69) is 0 Å². The van der Waals surface area contributed by atoms with Crippen molar-refractivity contribution in [2.24, 2.45) is 11.8 Å². The molecule has 0 amide bonds. The van der Waals surface area contributed by atoms with E-state index in [9.17, 15) is 4.79 Å². The summed E-state index contributed by atoms with van der Waals surface area (Å²) < 4.78 is 5.37. The Morgan fingerprint density at radius 1 is 1.36 bits per heavy atom. The van der Waals surface area contributed by atoms with Gasteiger partial charge < -0.3 is 9.84 Å². The number of carboxylic acids is 1. The molecule has 0 spiro atoms. The summed E-state index contributed by atoms with van der Waals surface area (Å²) in [5, 5.41) is 8.78. The molecule has 1 aliphatic heterocycles. The first-order valence-electron chi connectivity index (χ1n) is 4.13. The van der Waals surface area contributed by atoms with Gasteiger partial charge in [0.25, 0.3) is 0 Å². The molecular formula is C8H12O3. The molecule has 3 nitrogen and oxygen atoms in total. The van der Waals surface area contributed by atoms with E-state index in [4.69, 9.17) is 9.84 Å². The first-order valence-corrected chi connectivity index (χ1v) is 4.13. The van der Waals surface area contributed by atoms with Gasteiger partial charge in [0.05, 0.1) is 12.0 Å². The Balaban J connectivity index is 2.01. The minimum absolute atomic E-state index is 0.0347. The Morgan fingerprint density at radius 2 is 2.09 bits per heavy atom. The van der Waals surface area contributed by atoms with Crippen LogP contribution in [-0.4, -0.2) is 23.8 Å². The lowest BCUT2D eigenvalue weighted by atomic mass is 9.98. The smallest absolute Gasteiger partial charge is 0.309 e. The molecule has 1 saturated carbocycles. The molecule has 2 atom stereocenters. The minimum atomic E-state index is -0.681. The summed E-state index contributed by atoms with van der Waals surface area (Å²) in [5.74, 6) is -0.347. The molecule has 3 heteroatoms. The number of hydrogen-bond acceptors (Lipinski definition) is 2. The molecule has 0 aromatic heterocycles. The van der Waals surface area contributed by atoms with Crippen molar-refractivity contribution in [2.45, 2.75) is 25.4 Å². The van der Waals surface area contributed by atoms with Crippen molar-refractivity contribution in [3.8, 4) is 0 Å². The molecule has 1 N–H and O–H groups in total. The molecule has 62 valence electrons. The maximum Gasteiger partial charge on any atom is 0.309 e. The number of rotatable bonds is 2. The van der Waals surface area contributed by atoms with Crippen LogP contribution in [0.1, 0.15) is 19.3 Å². The summed E-state index contributed by atoms with van der Waals surface area (Å²) in [4.78, 5) is 10.7. The normalized spacial score (nSPS) is 37.5. The van der Waals surface area contributed by atoms with Crippen LogP contribution in [0.15, 0.2) is 0 Å². The maximum atomic E-state index is 10.7. The van der Waals surface area contributed by atoms with E-state index in [-0.39, 0.29) is 12.0 Å². The quantitative estimate of drug-likeness (QED) is 0.645. The fourth-order valence-corrected chi connectivity index (χ4v) is 1.76. The average molecular weight is 156 g/mol. The summed E-state index contributed by atoms with van der Waals surface area (Å²) in [6.45, 7) is 0.637. The lowest BCUT2D eigenvalue weighted by Crippen LogP contribution is -2.25. The third kappa shape index (κ3) is 1.25. The third-order valence-corrected chi connectivity index (χ3v) is 2.54.